The minimum absolute atomic E-state index is 0.134. The zero-order valence-corrected chi connectivity index (χ0v) is 14.2. The molecule has 1 saturated heterocycles. The van der Waals surface area contributed by atoms with E-state index in [0.29, 0.717) is 6.67 Å². The molecule has 0 saturated carbocycles. The summed E-state index contributed by atoms with van der Waals surface area (Å²) in [5, 5.41) is 4.81. The van der Waals surface area contributed by atoms with E-state index >= 15 is 0 Å². The minimum Gasteiger partial charge on any atom is -0.284 e. The van der Waals surface area contributed by atoms with Gasteiger partial charge in [0, 0.05) is 11.1 Å². The molecular formula is C20H25N3O. The summed E-state index contributed by atoms with van der Waals surface area (Å²) >= 11 is 0. The van der Waals surface area contributed by atoms with Crippen LogP contribution in [0.1, 0.15) is 43.2 Å². The van der Waals surface area contributed by atoms with Crippen molar-refractivity contribution in [2.75, 3.05) is 13.1 Å². The second kappa shape index (κ2) is 6.89. The number of fused-ring (bicyclic) bond motifs is 1. The lowest BCUT2D eigenvalue weighted by atomic mass is 9.90. The van der Waals surface area contributed by atoms with Gasteiger partial charge in [-0.05, 0) is 57.2 Å². The predicted octanol–water partition coefficient (Wildman–Crippen LogP) is 3.23. The average Bonchev–Trinajstić information content (AvgIpc) is 2.66. The van der Waals surface area contributed by atoms with Gasteiger partial charge in [0.15, 0.2) is 0 Å². The Morgan fingerprint density at radius 3 is 2.33 bits per heavy atom. The molecule has 4 nitrogen and oxygen atoms in total. The van der Waals surface area contributed by atoms with Crippen LogP contribution in [-0.4, -0.2) is 27.8 Å². The molecule has 0 amide bonds. The van der Waals surface area contributed by atoms with E-state index < -0.39 is 0 Å². The molecule has 0 bridgehead atoms. The highest BCUT2D eigenvalue weighted by Crippen LogP contribution is 2.28. The van der Waals surface area contributed by atoms with Crippen LogP contribution in [0.15, 0.2) is 35.1 Å². The van der Waals surface area contributed by atoms with Gasteiger partial charge in [0.05, 0.1) is 12.4 Å². The molecule has 1 aromatic carbocycles. The summed E-state index contributed by atoms with van der Waals surface area (Å²) in [5.74, 6) is 0. The first-order valence-electron chi connectivity index (χ1n) is 9.23. The SMILES string of the molecule is O=c1c2c(c(-c3ccccc3)nn1CN1CCCCC1)CCCC2. The molecule has 4 rings (SSSR count). The van der Waals surface area contributed by atoms with E-state index in [1.807, 2.05) is 18.2 Å². The number of aromatic nitrogens is 2. The normalized spacial score (nSPS) is 18.3. The highest BCUT2D eigenvalue weighted by Gasteiger charge is 2.22. The lowest BCUT2D eigenvalue weighted by Crippen LogP contribution is -2.39. The monoisotopic (exact) mass is 323 g/mol. The van der Waals surface area contributed by atoms with Gasteiger partial charge in [-0.2, -0.15) is 5.10 Å². The van der Waals surface area contributed by atoms with Crippen LogP contribution in [0.5, 0.6) is 0 Å². The van der Waals surface area contributed by atoms with E-state index in [9.17, 15) is 4.79 Å². The largest absolute Gasteiger partial charge is 0.284 e. The maximum Gasteiger partial charge on any atom is 0.271 e. The summed E-state index contributed by atoms with van der Waals surface area (Å²) in [4.78, 5) is 15.3. The van der Waals surface area contributed by atoms with Gasteiger partial charge in [-0.3, -0.25) is 9.69 Å². The van der Waals surface area contributed by atoms with Gasteiger partial charge in [0.2, 0.25) is 0 Å². The Kier molecular flexibility index (Phi) is 4.48. The summed E-state index contributed by atoms with van der Waals surface area (Å²) < 4.78 is 1.72. The number of hydrogen-bond donors (Lipinski definition) is 0. The summed E-state index contributed by atoms with van der Waals surface area (Å²) in [5.41, 5.74) is 4.47. The molecule has 0 spiro atoms. The van der Waals surface area contributed by atoms with Crippen molar-refractivity contribution in [2.45, 2.75) is 51.6 Å². The zero-order chi connectivity index (χ0) is 16.4. The van der Waals surface area contributed by atoms with Crippen molar-refractivity contribution in [1.29, 1.82) is 0 Å². The maximum absolute atomic E-state index is 12.9. The molecule has 1 aliphatic carbocycles. The van der Waals surface area contributed by atoms with Gasteiger partial charge in [-0.25, -0.2) is 4.68 Å². The average molecular weight is 323 g/mol. The van der Waals surface area contributed by atoms with Crippen molar-refractivity contribution >= 4 is 0 Å². The number of piperidine rings is 1. The number of hydrogen-bond acceptors (Lipinski definition) is 3. The molecule has 24 heavy (non-hydrogen) atoms. The molecular weight excluding hydrogens is 298 g/mol. The fourth-order valence-electron chi connectivity index (χ4n) is 4.00. The molecule has 1 aliphatic heterocycles. The molecule has 0 N–H and O–H groups in total. The second-order valence-electron chi connectivity index (χ2n) is 7.00. The molecule has 2 aliphatic rings. The lowest BCUT2D eigenvalue weighted by molar-refractivity contribution is 0.169. The van der Waals surface area contributed by atoms with Crippen LogP contribution < -0.4 is 5.56 Å². The fourth-order valence-corrected chi connectivity index (χ4v) is 4.00. The number of likely N-dealkylation sites (tertiary alicyclic amines) is 1. The molecule has 2 heterocycles. The smallest absolute Gasteiger partial charge is 0.271 e. The number of rotatable bonds is 3. The van der Waals surface area contributed by atoms with Gasteiger partial charge in [-0.15, -0.1) is 0 Å². The van der Waals surface area contributed by atoms with Gasteiger partial charge in [0.1, 0.15) is 0 Å². The van der Waals surface area contributed by atoms with Crippen LogP contribution >= 0.6 is 0 Å². The van der Waals surface area contributed by atoms with Crippen molar-refractivity contribution in [3.63, 3.8) is 0 Å². The van der Waals surface area contributed by atoms with Crippen molar-refractivity contribution in [3.05, 3.63) is 51.8 Å². The predicted molar refractivity (Wildman–Crippen MR) is 96.0 cm³/mol. The van der Waals surface area contributed by atoms with Crippen LogP contribution in [-0.2, 0) is 19.5 Å². The van der Waals surface area contributed by atoms with E-state index in [1.54, 1.807) is 4.68 Å². The van der Waals surface area contributed by atoms with E-state index in [0.717, 1.165) is 55.6 Å². The third-order valence-corrected chi connectivity index (χ3v) is 5.30. The number of benzene rings is 1. The van der Waals surface area contributed by atoms with Crippen LogP contribution in [0.25, 0.3) is 11.3 Å². The van der Waals surface area contributed by atoms with Crippen LogP contribution in [0.3, 0.4) is 0 Å². The third kappa shape index (κ3) is 3.03. The highest BCUT2D eigenvalue weighted by molar-refractivity contribution is 5.64. The zero-order valence-electron chi connectivity index (χ0n) is 14.2. The first-order valence-corrected chi connectivity index (χ1v) is 9.23. The lowest BCUT2D eigenvalue weighted by Gasteiger charge is -2.28. The molecule has 0 atom stereocenters. The molecule has 1 aromatic heterocycles. The van der Waals surface area contributed by atoms with Crippen molar-refractivity contribution in [2.24, 2.45) is 0 Å². The Hall–Kier alpha value is -1.94. The van der Waals surface area contributed by atoms with Gasteiger partial charge in [-0.1, -0.05) is 36.8 Å². The Balaban J connectivity index is 1.78. The fraction of sp³-hybridized carbons (Fsp3) is 0.500. The second-order valence-corrected chi connectivity index (χ2v) is 7.00. The first kappa shape index (κ1) is 15.6. The summed E-state index contributed by atoms with van der Waals surface area (Å²) in [7, 11) is 0. The van der Waals surface area contributed by atoms with Crippen LogP contribution in [0.4, 0.5) is 0 Å². The number of nitrogens with zero attached hydrogens (tertiary/aromatic N) is 3. The molecule has 4 heteroatoms. The Labute approximate surface area is 143 Å². The van der Waals surface area contributed by atoms with Crippen molar-refractivity contribution in [3.8, 4) is 11.3 Å². The van der Waals surface area contributed by atoms with E-state index in [2.05, 4.69) is 17.0 Å². The molecule has 0 unspecified atom stereocenters. The van der Waals surface area contributed by atoms with Crippen LogP contribution in [0.2, 0.25) is 0 Å². The van der Waals surface area contributed by atoms with Crippen molar-refractivity contribution in [1.82, 2.24) is 14.7 Å². The Bertz CT molecular complexity index is 760. The Morgan fingerprint density at radius 1 is 0.875 bits per heavy atom. The van der Waals surface area contributed by atoms with E-state index in [1.165, 1.54) is 24.8 Å². The van der Waals surface area contributed by atoms with E-state index in [4.69, 9.17) is 5.10 Å². The summed E-state index contributed by atoms with van der Waals surface area (Å²) in [6.07, 6.45) is 7.91. The van der Waals surface area contributed by atoms with Gasteiger partial charge in [0.25, 0.3) is 5.56 Å². The molecule has 1 fully saturated rings. The molecule has 0 radical (unpaired) electrons. The summed E-state index contributed by atoms with van der Waals surface area (Å²) in [6.45, 7) is 2.78. The third-order valence-electron chi connectivity index (χ3n) is 5.30. The molecule has 126 valence electrons. The van der Waals surface area contributed by atoms with Crippen LogP contribution in [0, 0.1) is 0 Å². The van der Waals surface area contributed by atoms with Crippen molar-refractivity contribution < 1.29 is 0 Å². The molecule has 2 aromatic rings. The van der Waals surface area contributed by atoms with E-state index in [-0.39, 0.29) is 5.56 Å². The first-order chi connectivity index (χ1) is 11.8. The summed E-state index contributed by atoms with van der Waals surface area (Å²) in [6, 6.07) is 10.3. The topological polar surface area (TPSA) is 38.1 Å². The van der Waals surface area contributed by atoms with Gasteiger partial charge >= 0.3 is 0 Å². The highest BCUT2D eigenvalue weighted by atomic mass is 16.1. The minimum atomic E-state index is 0.134. The standard InChI is InChI=1S/C20H25N3O/c24-20-18-12-6-5-11-17(18)19(16-9-3-1-4-10-16)21-23(20)15-22-13-7-2-8-14-22/h1,3-4,9-10H,2,5-8,11-15H2. The van der Waals surface area contributed by atoms with Gasteiger partial charge < -0.3 is 0 Å². The maximum atomic E-state index is 12.9. The Morgan fingerprint density at radius 2 is 1.58 bits per heavy atom. The quantitative estimate of drug-likeness (QED) is 0.870.